The fraction of sp³-hybridized carbons (Fsp3) is 0.600. The van der Waals surface area contributed by atoms with E-state index in [1.807, 2.05) is 18.2 Å². The highest BCUT2D eigenvalue weighted by Gasteiger charge is 2.57. The molecule has 0 aromatic heterocycles. The van der Waals surface area contributed by atoms with Crippen LogP contribution in [0, 0.1) is 17.3 Å². The summed E-state index contributed by atoms with van der Waals surface area (Å²) in [5.41, 5.74) is 1.40. The van der Waals surface area contributed by atoms with Crippen molar-refractivity contribution in [1.29, 1.82) is 0 Å². The fourth-order valence-electron chi connectivity index (χ4n) is 5.31. The average molecular weight is 312 g/mol. The molecule has 3 aliphatic rings. The highest BCUT2D eigenvalue weighted by Crippen LogP contribution is 2.58. The van der Waals surface area contributed by atoms with E-state index >= 15 is 0 Å². The van der Waals surface area contributed by atoms with Crippen molar-refractivity contribution in [2.45, 2.75) is 58.2 Å². The van der Waals surface area contributed by atoms with Crippen molar-refractivity contribution < 1.29 is 14.3 Å². The lowest BCUT2D eigenvalue weighted by Crippen LogP contribution is -2.56. The van der Waals surface area contributed by atoms with Gasteiger partial charge in [-0.1, -0.05) is 44.5 Å². The molecule has 1 saturated heterocycles. The van der Waals surface area contributed by atoms with Gasteiger partial charge in [0.25, 0.3) is 0 Å². The smallest absolute Gasteiger partial charge is 0.229 e. The van der Waals surface area contributed by atoms with E-state index in [1.54, 1.807) is 6.07 Å². The first-order chi connectivity index (χ1) is 10.8. The van der Waals surface area contributed by atoms with Crippen molar-refractivity contribution in [3.63, 3.8) is 0 Å². The van der Waals surface area contributed by atoms with Gasteiger partial charge in [-0.25, -0.2) is 0 Å². The van der Waals surface area contributed by atoms with Crippen LogP contribution in [0.15, 0.2) is 24.3 Å². The highest BCUT2D eigenvalue weighted by molar-refractivity contribution is 6.45. The monoisotopic (exact) mass is 312 g/mol. The number of hydrogen-bond acceptors (Lipinski definition) is 3. The molecule has 4 unspecified atom stereocenters. The van der Waals surface area contributed by atoms with Crippen molar-refractivity contribution in [1.82, 2.24) is 0 Å². The fourth-order valence-corrected chi connectivity index (χ4v) is 5.31. The molecule has 1 heterocycles. The minimum atomic E-state index is -0.331. The Morgan fingerprint density at radius 3 is 2.61 bits per heavy atom. The van der Waals surface area contributed by atoms with E-state index in [0.29, 0.717) is 11.5 Å². The Morgan fingerprint density at radius 1 is 1.09 bits per heavy atom. The number of benzene rings is 1. The summed E-state index contributed by atoms with van der Waals surface area (Å²) in [6, 6.07) is 7.46. The molecule has 0 amide bonds. The topological polar surface area (TPSA) is 43.4 Å². The molecule has 3 nitrogen and oxygen atoms in total. The van der Waals surface area contributed by atoms with Crippen LogP contribution in [0.4, 0.5) is 0 Å². The van der Waals surface area contributed by atoms with Crippen LogP contribution >= 0.6 is 0 Å². The van der Waals surface area contributed by atoms with Crippen molar-refractivity contribution in [3.05, 3.63) is 35.4 Å². The SMILES string of the molecule is CC1(C)CCCC2(C)OC3c4ccccc4C(=O)C(=O)C3CC12. The maximum atomic E-state index is 12.7. The van der Waals surface area contributed by atoms with E-state index in [9.17, 15) is 9.59 Å². The van der Waals surface area contributed by atoms with Crippen LogP contribution in [-0.4, -0.2) is 17.2 Å². The van der Waals surface area contributed by atoms with Crippen LogP contribution in [-0.2, 0) is 9.53 Å². The maximum absolute atomic E-state index is 12.7. The van der Waals surface area contributed by atoms with Crippen molar-refractivity contribution in [3.8, 4) is 0 Å². The molecule has 0 N–H and O–H groups in total. The lowest BCUT2D eigenvalue weighted by molar-refractivity contribution is -0.220. The summed E-state index contributed by atoms with van der Waals surface area (Å²) in [6.07, 6.45) is 3.87. The number of Topliss-reactive ketones (excluding diaryl/α,β-unsaturated/α-hetero) is 2. The van der Waals surface area contributed by atoms with Crippen molar-refractivity contribution >= 4 is 11.6 Å². The first kappa shape index (κ1) is 15.1. The molecule has 2 fully saturated rings. The van der Waals surface area contributed by atoms with E-state index in [-0.39, 0.29) is 34.6 Å². The Hall–Kier alpha value is -1.48. The number of ether oxygens (including phenoxy) is 1. The van der Waals surface area contributed by atoms with Crippen molar-refractivity contribution in [2.75, 3.05) is 0 Å². The molecule has 1 saturated carbocycles. The van der Waals surface area contributed by atoms with Gasteiger partial charge in [0.05, 0.1) is 17.6 Å². The average Bonchev–Trinajstić information content (AvgIpc) is 2.51. The molecule has 0 bridgehead atoms. The summed E-state index contributed by atoms with van der Waals surface area (Å²) in [5.74, 6) is -0.570. The van der Waals surface area contributed by atoms with Gasteiger partial charge in [-0.15, -0.1) is 0 Å². The lowest BCUT2D eigenvalue weighted by Gasteiger charge is -2.57. The Kier molecular flexibility index (Phi) is 3.12. The molecule has 4 atom stereocenters. The standard InChI is InChI=1S/C20H24O3/c1-19(2)9-6-10-20(3)15(19)11-14-17(22)16(21)12-7-4-5-8-13(12)18(14)23-20/h4-5,7-8,14-15,18H,6,9-11H2,1-3H3. The molecular formula is C20H24O3. The minimum Gasteiger partial charge on any atom is -0.366 e. The van der Waals surface area contributed by atoms with Crippen LogP contribution in [0.5, 0.6) is 0 Å². The van der Waals surface area contributed by atoms with Crippen LogP contribution in [0.2, 0.25) is 0 Å². The van der Waals surface area contributed by atoms with E-state index in [1.165, 1.54) is 0 Å². The number of fused-ring (bicyclic) bond motifs is 4. The molecule has 1 aliphatic heterocycles. The van der Waals surface area contributed by atoms with Gasteiger partial charge in [-0.3, -0.25) is 9.59 Å². The van der Waals surface area contributed by atoms with Gasteiger partial charge in [0.2, 0.25) is 11.6 Å². The summed E-state index contributed by atoms with van der Waals surface area (Å²) in [4.78, 5) is 25.2. The normalized spacial score (nSPS) is 38.5. The molecule has 2 aliphatic carbocycles. The van der Waals surface area contributed by atoms with E-state index in [4.69, 9.17) is 4.74 Å². The minimum absolute atomic E-state index is 0.151. The van der Waals surface area contributed by atoms with Crippen LogP contribution < -0.4 is 0 Å². The van der Waals surface area contributed by atoms with Gasteiger partial charge in [0.1, 0.15) is 0 Å². The van der Waals surface area contributed by atoms with E-state index in [0.717, 1.165) is 31.2 Å². The molecule has 1 aromatic rings. The second kappa shape index (κ2) is 4.76. The summed E-state index contributed by atoms with van der Waals surface area (Å²) in [6.45, 7) is 6.77. The second-order valence-corrected chi connectivity index (χ2v) is 8.37. The lowest BCUT2D eigenvalue weighted by atomic mass is 9.56. The van der Waals surface area contributed by atoms with Crippen LogP contribution in [0.25, 0.3) is 0 Å². The Balaban J connectivity index is 1.80. The molecule has 3 heteroatoms. The number of carbonyl (C=O) groups is 2. The number of hydrogen-bond donors (Lipinski definition) is 0. The first-order valence-corrected chi connectivity index (χ1v) is 8.69. The summed E-state index contributed by atoms with van der Waals surface area (Å²) >= 11 is 0. The quantitative estimate of drug-likeness (QED) is 0.677. The third kappa shape index (κ3) is 2.06. The molecule has 4 rings (SSSR count). The zero-order valence-corrected chi connectivity index (χ0v) is 14.1. The molecular weight excluding hydrogens is 288 g/mol. The molecule has 23 heavy (non-hydrogen) atoms. The van der Waals surface area contributed by atoms with E-state index < -0.39 is 0 Å². The predicted octanol–water partition coefficient (Wildman–Crippen LogP) is 4.11. The van der Waals surface area contributed by atoms with Gasteiger partial charge >= 0.3 is 0 Å². The molecule has 0 spiro atoms. The predicted molar refractivity (Wildman–Crippen MR) is 87.2 cm³/mol. The molecule has 0 radical (unpaired) electrons. The zero-order chi connectivity index (χ0) is 16.4. The summed E-state index contributed by atoms with van der Waals surface area (Å²) in [7, 11) is 0. The van der Waals surface area contributed by atoms with Crippen LogP contribution in [0.3, 0.4) is 0 Å². The van der Waals surface area contributed by atoms with Gasteiger partial charge < -0.3 is 4.74 Å². The van der Waals surface area contributed by atoms with E-state index in [2.05, 4.69) is 20.8 Å². The Bertz CT molecular complexity index is 690. The summed E-state index contributed by atoms with van der Waals surface area (Å²) < 4.78 is 6.59. The number of rotatable bonds is 0. The Morgan fingerprint density at radius 2 is 1.83 bits per heavy atom. The number of ketones is 2. The zero-order valence-electron chi connectivity index (χ0n) is 14.1. The summed E-state index contributed by atoms with van der Waals surface area (Å²) in [5, 5.41) is 0. The third-order valence-electron chi connectivity index (χ3n) is 6.50. The molecule has 1 aromatic carbocycles. The largest absolute Gasteiger partial charge is 0.366 e. The van der Waals surface area contributed by atoms with Crippen LogP contribution in [0.1, 0.15) is 68.5 Å². The van der Waals surface area contributed by atoms with Gasteiger partial charge in [0.15, 0.2) is 0 Å². The first-order valence-electron chi connectivity index (χ1n) is 8.69. The number of carbonyl (C=O) groups excluding carboxylic acids is 2. The maximum Gasteiger partial charge on any atom is 0.229 e. The van der Waals surface area contributed by atoms with Gasteiger partial charge in [-0.05, 0) is 43.1 Å². The highest BCUT2D eigenvalue weighted by atomic mass is 16.5. The van der Waals surface area contributed by atoms with Crippen molar-refractivity contribution in [2.24, 2.45) is 17.3 Å². The van der Waals surface area contributed by atoms with Gasteiger partial charge in [-0.2, -0.15) is 0 Å². The third-order valence-corrected chi connectivity index (χ3v) is 6.50. The van der Waals surface area contributed by atoms with Gasteiger partial charge in [0, 0.05) is 5.56 Å². The molecule has 122 valence electrons. The second-order valence-electron chi connectivity index (χ2n) is 8.37. The Labute approximate surface area is 137 Å².